The van der Waals surface area contributed by atoms with Gasteiger partial charge < -0.3 is 15.3 Å². The first kappa shape index (κ1) is 17.6. The van der Waals surface area contributed by atoms with E-state index < -0.39 is 5.97 Å². The Morgan fingerprint density at radius 1 is 0.786 bits per heavy atom. The summed E-state index contributed by atoms with van der Waals surface area (Å²) in [5.74, 6) is -1.36. The van der Waals surface area contributed by atoms with Crippen LogP contribution in [0.4, 0.5) is 0 Å². The summed E-state index contributed by atoms with van der Waals surface area (Å²) in [5.41, 5.74) is 2.50. The van der Waals surface area contributed by atoms with Crippen molar-refractivity contribution in [2.75, 3.05) is 0 Å². The van der Waals surface area contributed by atoms with Crippen molar-refractivity contribution in [2.45, 2.75) is 6.42 Å². The van der Waals surface area contributed by atoms with Crippen molar-refractivity contribution in [2.24, 2.45) is 0 Å². The van der Waals surface area contributed by atoms with Gasteiger partial charge in [-0.2, -0.15) is 0 Å². The Hall–Kier alpha value is -3.79. The summed E-state index contributed by atoms with van der Waals surface area (Å²) in [4.78, 5) is 11.7. The van der Waals surface area contributed by atoms with Crippen LogP contribution >= 0.6 is 0 Å². The summed E-state index contributed by atoms with van der Waals surface area (Å²) in [6.07, 6.45) is 0.208. The topological polar surface area (TPSA) is 77.8 Å². The van der Waals surface area contributed by atoms with Gasteiger partial charge in [-0.25, -0.2) is 4.79 Å². The number of hydrogen-bond acceptors (Lipinski definition) is 3. The van der Waals surface area contributed by atoms with Crippen molar-refractivity contribution < 1.29 is 20.1 Å². The third-order valence-corrected chi connectivity index (χ3v) is 4.91. The van der Waals surface area contributed by atoms with Gasteiger partial charge in [0.15, 0.2) is 0 Å². The second kappa shape index (κ2) is 7.08. The molecule has 4 nitrogen and oxygen atoms in total. The molecule has 138 valence electrons. The predicted octanol–water partition coefficient (Wildman–Crippen LogP) is 5.21. The fraction of sp³-hybridized carbons (Fsp3) is 0.0417. The van der Waals surface area contributed by atoms with Crippen LogP contribution in [0.1, 0.15) is 21.5 Å². The first-order valence-electron chi connectivity index (χ1n) is 8.89. The highest BCUT2D eigenvalue weighted by Crippen LogP contribution is 2.35. The molecular formula is C24H18O4. The van der Waals surface area contributed by atoms with Crippen LogP contribution in [0.2, 0.25) is 0 Å². The van der Waals surface area contributed by atoms with Gasteiger partial charge in [0.2, 0.25) is 0 Å². The van der Waals surface area contributed by atoms with Crippen LogP contribution in [0.5, 0.6) is 11.5 Å². The zero-order chi connectivity index (χ0) is 19.7. The zero-order valence-electron chi connectivity index (χ0n) is 15.0. The average Bonchev–Trinajstić information content (AvgIpc) is 2.71. The summed E-state index contributed by atoms with van der Waals surface area (Å²) in [6, 6.07) is 23.8. The highest BCUT2D eigenvalue weighted by molar-refractivity contribution is 5.94. The number of carboxylic acids is 1. The molecule has 0 saturated heterocycles. The van der Waals surface area contributed by atoms with Crippen molar-refractivity contribution in [3.8, 4) is 22.6 Å². The second-order valence-corrected chi connectivity index (χ2v) is 6.66. The molecule has 0 aliphatic heterocycles. The van der Waals surface area contributed by atoms with Gasteiger partial charge in [-0.15, -0.1) is 0 Å². The fourth-order valence-corrected chi connectivity index (χ4v) is 3.49. The van der Waals surface area contributed by atoms with Gasteiger partial charge in [-0.1, -0.05) is 60.7 Å². The Bertz CT molecular complexity index is 1180. The lowest BCUT2D eigenvalue weighted by molar-refractivity contribution is 0.0693. The first-order chi connectivity index (χ1) is 13.5. The van der Waals surface area contributed by atoms with Crippen molar-refractivity contribution in [3.63, 3.8) is 0 Å². The summed E-state index contributed by atoms with van der Waals surface area (Å²) in [6.45, 7) is 0. The number of fused-ring (bicyclic) bond motifs is 1. The smallest absolute Gasteiger partial charge is 0.339 e. The molecule has 4 aromatic rings. The van der Waals surface area contributed by atoms with E-state index in [0.29, 0.717) is 16.7 Å². The average molecular weight is 370 g/mol. The molecule has 0 atom stereocenters. The number of hydrogen-bond donors (Lipinski definition) is 3. The molecule has 0 aromatic heterocycles. The standard InChI is InChI=1S/C24H18O4/c25-22-11-10-16-8-4-5-9-19(16)20(22)14-18-12-17(15-6-2-1-3-7-15)13-21(23(18)26)24(27)28/h1-13,25-26H,14H2,(H,27,28). The number of benzene rings is 4. The van der Waals surface area contributed by atoms with Gasteiger partial charge in [-0.3, -0.25) is 0 Å². The molecule has 0 fully saturated rings. The molecule has 28 heavy (non-hydrogen) atoms. The largest absolute Gasteiger partial charge is 0.508 e. The third kappa shape index (κ3) is 3.16. The Morgan fingerprint density at radius 2 is 1.50 bits per heavy atom. The van der Waals surface area contributed by atoms with E-state index in [2.05, 4.69) is 0 Å². The highest BCUT2D eigenvalue weighted by atomic mass is 16.4. The normalized spacial score (nSPS) is 10.9. The summed E-state index contributed by atoms with van der Waals surface area (Å²) in [5, 5.41) is 32.4. The molecular weight excluding hydrogens is 352 g/mol. The van der Waals surface area contributed by atoms with Crippen molar-refractivity contribution in [1.29, 1.82) is 0 Å². The third-order valence-electron chi connectivity index (χ3n) is 4.91. The predicted molar refractivity (Wildman–Crippen MR) is 109 cm³/mol. The minimum absolute atomic E-state index is 0.111. The quantitative estimate of drug-likeness (QED) is 0.461. The van der Waals surface area contributed by atoms with E-state index in [9.17, 15) is 20.1 Å². The SMILES string of the molecule is O=C(O)c1cc(-c2ccccc2)cc(Cc2c(O)ccc3ccccc23)c1O. The van der Waals surface area contributed by atoms with Crippen LogP contribution in [-0.2, 0) is 6.42 Å². The minimum atomic E-state index is -1.20. The van der Waals surface area contributed by atoms with Gasteiger partial charge in [0.1, 0.15) is 17.1 Å². The Morgan fingerprint density at radius 3 is 2.25 bits per heavy atom. The minimum Gasteiger partial charge on any atom is -0.508 e. The Kier molecular flexibility index (Phi) is 4.45. The lowest BCUT2D eigenvalue weighted by Gasteiger charge is -2.14. The molecule has 4 aromatic carbocycles. The maximum absolute atomic E-state index is 11.7. The molecule has 4 rings (SSSR count). The number of carbonyl (C=O) groups is 1. The number of phenolic OH excluding ortho intramolecular Hbond substituents is 1. The molecule has 0 aliphatic rings. The van der Waals surface area contributed by atoms with E-state index in [4.69, 9.17) is 0 Å². The Labute approximate surface area is 162 Å². The molecule has 3 N–H and O–H groups in total. The monoisotopic (exact) mass is 370 g/mol. The molecule has 0 saturated carbocycles. The maximum atomic E-state index is 11.7. The van der Waals surface area contributed by atoms with Crippen LogP contribution in [-0.4, -0.2) is 21.3 Å². The van der Waals surface area contributed by atoms with Crippen LogP contribution in [0.15, 0.2) is 78.9 Å². The number of rotatable bonds is 4. The van der Waals surface area contributed by atoms with E-state index in [1.807, 2.05) is 60.7 Å². The van der Waals surface area contributed by atoms with Gasteiger partial charge in [0.25, 0.3) is 0 Å². The molecule has 0 heterocycles. The van der Waals surface area contributed by atoms with E-state index in [1.54, 1.807) is 12.1 Å². The molecule has 0 spiro atoms. The molecule has 0 unspecified atom stereocenters. The van der Waals surface area contributed by atoms with Crippen molar-refractivity contribution in [3.05, 3.63) is 95.6 Å². The Balaban J connectivity index is 1.90. The first-order valence-corrected chi connectivity index (χ1v) is 8.89. The van der Waals surface area contributed by atoms with Crippen LogP contribution in [0, 0.1) is 0 Å². The molecule has 0 bridgehead atoms. The van der Waals surface area contributed by atoms with Gasteiger partial charge in [0, 0.05) is 12.0 Å². The molecule has 0 aliphatic carbocycles. The summed E-state index contributed by atoms with van der Waals surface area (Å²) >= 11 is 0. The molecule has 0 amide bonds. The second-order valence-electron chi connectivity index (χ2n) is 6.66. The number of phenols is 2. The van der Waals surface area contributed by atoms with Gasteiger partial charge in [0.05, 0.1) is 0 Å². The number of aromatic hydroxyl groups is 2. The lowest BCUT2D eigenvalue weighted by Crippen LogP contribution is -2.01. The van der Waals surface area contributed by atoms with Crippen molar-refractivity contribution in [1.82, 2.24) is 0 Å². The van der Waals surface area contributed by atoms with E-state index in [0.717, 1.165) is 16.3 Å². The fourth-order valence-electron chi connectivity index (χ4n) is 3.49. The van der Waals surface area contributed by atoms with Gasteiger partial charge >= 0.3 is 5.97 Å². The van der Waals surface area contributed by atoms with Crippen molar-refractivity contribution >= 4 is 16.7 Å². The highest BCUT2D eigenvalue weighted by Gasteiger charge is 2.18. The lowest BCUT2D eigenvalue weighted by atomic mass is 9.92. The summed E-state index contributed by atoms with van der Waals surface area (Å²) in [7, 11) is 0. The number of aromatic carboxylic acids is 1. The maximum Gasteiger partial charge on any atom is 0.339 e. The van der Waals surface area contributed by atoms with E-state index in [-0.39, 0.29) is 23.5 Å². The molecule has 4 heteroatoms. The molecule has 0 radical (unpaired) electrons. The van der Waals surface area contributed by atoms with Crippen LogP contribution < -0.4 is 0 Å². The van der Waals surface area contributed by atoms with E-state index in [1.165, 1.54) is 6.07 Å². The van der Waals surface area contributed by atoms with Gasteiger partial charge in [-0.05, 0) is 45.7 Å². The number of carboxylic acid groups (broad SMARTS) is 1. The van der Waals surface area contributed by atoms with Crippen LogP contribution in [0.25, 0.3) is 21.9 Å². The van der Waals surface area contributed by atoms with E-state index >= 15 is 0 Å². The summed E-state index contributed by atoms with van der Waals surface area (Å²) < 4.78 is 0. The zero-order valence-corrected chi connectivity index (χ0v) is 15.0. The van der Waals surface area contributed by atoms with Crippen LogP contribution in [0.3, 0.4) is 0 Å².